The van der Waals surface area contributed by atoms with Gasteiger partial charge in [0.05, 0.1) is 36.5 Å². The summed E-state index contributed by atoms with van der Waals surface area (Å²) in [6, 6.07) is 10.3. The molecule has 1 saturated carbocycles. The maximum atomic E-state index is 12.7. The molecule has 6 heteroatoms. The van der Waals surface area contributed by atoms with Crippen LogP contribution in [0.5, 0.6) is 0 Å². The number of carbonyl (C=O) groups excluding carboxylic acids is 1. The van der Waals surface area contributed by atoms with Gasteiger partial charge in [-0.25, -0.2) is 0 Å². The van der Waals surface area contributed by atoms with Gasteiger partial charge in [-0.15, -0.1) is 0 Å². The van der Waals surface area contributed by atoms with Crippen molar-refractivity contribution in [2.45, 2.75) is 19.3 Å². The molecular formula is C17H12N4O2. The van der Waals surface area contributed by atoms with Crippen LogP contribution in [0.4, 0.5) is 0 Å². The Hall–Kier alpha value is -3.35. The molecule has 0 aromatic carbocycles. The Morgan fingerprint density at radius 1 is 1.26 bits per heavy atom. The van der Waals surface area contributed by atoms with Crippen molar-refractivity contribution in [3.8, 4) is 24.3 Å². The predicted molar refractivity (Wildman–Crippen MR) is 77.4 cm³/mol. The molecule has 112 valence electrons. The largest absolute Gasteiger partial charge is 0.465 e. The fraction of sp³-hybridized carbons (Fsp3) is 0.353. The second kappa shape index (κ2) is 6.61. The Balaban J connectivity index is 2.45. The number of furan rings is 1. The zero-order valence-electron chi connectivity index (χ0n) is 12.2. The molecule has 0 saturated heterocycles. The molecule has 1 aliphatic rings. The first-order valence-corrected chi connectivity index (χ1v) is 7.03. The second-order valence-corrected chi connectivity index (χ2v) is 5.28. The van der Waals surface area contributed by atoms with Gasteiger partial charge in [0.2, 0.25) is 0 Å². The third-order valence-corrected chi connectivity index (χ3v) is 4.06. The third kappa shape index (κ3) is 2.71. The predicted octanol–water partition coefficient (Wildman–Crippen LogP) is 2.73. The molecule has 1 unspecified atom stereocenters. The van der Waals surface area contributed by atoms with E-state index in [9.17, 15) is 15.3 Å². The number of Topliss-reactive ketones (excluding diaryl/α,β-unsaturated/α-hetero) is 1. The number of ketones is 1. The summed E-state index contributed by atoms with van der Waals surface area (Å²) in [6.45, 7) is 0. The molecule has 23 heavy (non-hydrogen) atoms. The molecular weight excluding hydrogens is 292 g/mol. The highest BCUT2D eigenvalue weighted by molar-refractivity contribution is 6.02. The summed E-state index contributed by atoms with van der Waals surface area (Å²) in [5.74, 6) is -2.33. The van der Waals surface area contributed by atoms with Crippen LogP contribution in [0, 0.1) is 62.6 Å². The van der Waals surface area contributed by atoms with Crippen LogP contribution in [0.3, 0.4) is 0 Å². The van der Waals surface area contributed by atoms with E-state index >= 15 is 0 Å². The molecule has 0 spiro atoms. The van der Waals surface area contributed by atoms with Gasteiger partial charge < -0.3 is 4.42 Å². The summed E-state index contributed by atoms with van der Waals surface area (Å²) in [6.07, 6.45) is 4.47. The van der Waals surface area contributed by atoms with Gasteiger partial charge in [0.15, 0.2) is 17.1 Å². The van der Waals surface area contributed by atoms with Crippen molar-refractivity contribution in [1.29, 1.82) is 21.0 Å². The van der Waals surface area contributed by atoms with Gasteiger partial charge in [-0.05, 0) is 43.0 Å². The Morgan fingerprint density at radius 2 is 1.96 bits per heavy atom. The van der Waals surface area contributed by atoms with Gasteiger partial charge in [-0.3, -0.25) is 4.79 Å². The number of hydrogen-bond acceptors (Lipinski definition) is 6. The summed E-state index contributed by atoms with van der Waals surface area (Å²) in [5, 5.41) is 37.1. The molecule has 0 N–H and O–H groups in total. The highest BCUT2D eigenvalue weighted by atomic mass is 16.3. The maximum absolute atomic E-state index is 12.7. The number of nitrogens with zero attached hydrogens (tertiary/aromatic N) is 4. The second-order valence-electron chi connectivity index (χ2n) is 5.28. The minimum absolute atomic E-state index is 0.301. The van der Waals surface area contributed by atoms with Crippen LogP contribution in [0.2, 0.25) is 0 Å². The first-order chi connectivity index (χ1) is 11.1. The quantitative estimate of drug-likeness (QED) is 0.790. The Morgan fingerprint density at radius 3 is 2.48 bits per heavy atom. The monoisotopic (exact) mass is 304 g/mol. The first kappa shape index (κ1) is 16.0. The lowest BCUT2D eigenvalue weighted by Gasteiger charge is -2.32. The fourth-order valence-electron chi connectivity index (χ4n) is 2.84. The summed E-state index contributed by atoms with van der Waals surface area (Å²) in [5.41, 5.74) is -1.51. The zero-order chi connectivity index (χ0) is 16.9. The highest BCUT2D eigenvalue weighted by Crippen LogP contribution is 2.43. The van der Waals surface area contributed by atoms with E-state index in [0.717, 1.165) is 0 Å². The van der Waals surface area contributed by atoms with Crippen molar-refractivity contribution in [2.75, 3.05) is 0 Å². The van der Waals surface area contributed by atoms with E-state index in [0.29, 0.717) is 30.6 Å². The van der Waals surface area contributed by atoms with E-state index in [1.165, 1.54) is 6.26 Å². The van der Waals surface area contributed by atoms with Crippen LogP contribution in [0.15, 0.2) is 28.4 Å². The molecule has 0 radical (unpaired) electrons. The Bertz CT molecular complexity index is 766. The van der Waals surface area contributed by atoms with Gasteiger partial charge >= 0.3 is 0 Å². The van der Waals surface area contributed by atoms with Crippen LogP contribution >= 0.6 is 0 Å². The third-order valence-electron chi connectivity index (χ3n) is 4.06. The molecule has 1 fully saturated rings. The van der Waals surface area contributed by atoms with Crippen LogP contribution in [-0.4, -0.2) is 5.78 Å². The summed E-state index contributed by atoms with van der Waals surface area (Å²) in [4.78, 5) is 12.7. The van der Waals surface area contributed by atoms with Gasteiger partial charge in [0, 0.05) is 0 Å². The molecule has 1 atom stereocenters. The van der Waals surface area contributed by atoms with E-state index < -0.39 is 17.3 Å². The van der Waals surface area contributed by atoms with Crippen LogP contribution in [0.25, 0.3) is 6.08 Å². The molecule has 1 heterocycles. The summed E-state index contributed by atoms with van der Waals surface area (Å²) in [7, 11) is 0. The molecule has 0 aliphatic heterocycles. The van der Waals surface area contributed by atoms with Crippen LogP contribution in [-0.2, 0) is 4.79 Å². The molecule has 6 nitrogen and oxygen atoms in total. The van der Waals surface area contributed by atoms with Crippen LogP contribution in [0.1, 0.15) is 25.0 Å². The molecule has 1 aromatic rings. The lowest BCUT2D eigenvalue weighted by molar-refractivity contribution is -0.122. The van der Waals surface area contributed by atoms with Crippen molar-refractivity contribution < 1.29 is 9.21 Å². The van der Waals surface area contributed by atoms with E-state index in [1.807, 2.05) is 0 Å². The number of allylic oxidation sites excluding steroid dienone is 1. The van der Waals surface area contributed by atoms with Gasteiger partial charge in [0.1, 0.15) is 5.76 Å². The number of nitriles is 4. The topological polar surface area (TPSA) is 125 Å². The van der Waals surface area contributed by atoms with E-state index in [4.69, 9.17) is 14.9 Å². The lowest BCUT2D eigenvalue weighted by Crippen LogP contribution is -2.41. The van der Waals surface area contributed by atoms with Crippen molar-refractivity contribution in [2.24, 2.45) is 17.3 Å². The van der Waals surface area contributed by atoms with Gasteiger partial charge in [0.25, 0.3) is 0 Å². The number of carbonyl (C=O) groups is 1. The summed E-state index contributed by atoms with van der Waals surface area (Å²) >= 11 is 0. The molecule has 1 aromatic heterocycles. The standard InChI is InChI=1S/C17H12N4O2/c18-8-13(9-19)17(10-20,11-21)15-5-1-3-12(16(15)22)7-14-4-2-6-23-14/h2,4,6-7,13,15H,1,3,5H2. The normalized spacial score (nSPS) is 19.6. The molecule has 1 aliphatic carbocycles. The summed E-state index contributed by atoms with van der Waals surface area (Å²) < 4.78 is 5.18. The van der Waals surface area contributed by atoms with Crippen molar-refractivity contribution >= 4 is 11.9 Å². The average molecular weight is 304 g/mol. The number of hydrogen-bond donors (Lipinski definition) is 0. The molecule has 2 rings (SSSR count). The van der Waals surface area contributed by atoms with E-state index in [1.54, 1.807) is 42.5 Å². The van der Waals surface area contributed by atoms with Crippen molar-refractivity contribution in [1.82, 2.24) is 0 Å². The first-order valence-electron chi connectivity index (χ1n) is 7.03. The van der Waals surface area contributed by atoms with E-state index in [-0.39, 0.29) is 5.78 Å². The zero-order valence-corrected chi connectivity index (χ0v) is 12.2. The van der Waals surface area contributed by atoms with Gasteiger partial charge in [-0.1, -0.05) is 0 Å². The average Bonchev–Trinajstić information content (AvgIpc) is 3.08. The number of rotatable bonds is 3. The Labute approximate surface area is 133 Å². The van der Waals surface area contributed by atoms with Crippen LogP contribution < -0.4 is 0 Å². The molecule has 0 bridgehead atoms. The maximum Gasteiger partial charge on any atom is 0.182 e. The lowest BCUT2D eigenvalue weighted by atomic mass is 9.63. The minimum atomic E-state index is -1.96. The SMILES string of the molecule is N#CC(C#N)C(C#N)(C#N)C1CCCC(=Cc2ccco2)C1=O. The fourth-order valence-corrected chi connectivity index (χ4v) is 2.84. The van der Waals surface area contributed by atoms with Gasteiger partial charge in [-0.2, -0.15) is 21.0 Å². The smallest absolute Gasteiger partial charge is 0.182 e. The van der Waals surface area contributed by atoms with Crippen molar-refractivity contribution in [3.63, 3.8) is 0 Å². The molecule has 0 amide bonds. The minimum Gasteiger partial charge on any atom is -0.465 e. The Kier molecular flexibility index (Phi) is 4.61. The van der Waals surface area contributed by atoms with Crippen molar-refractivity contribution in [3.05, 3.63) is 29.7 Å². The van der Waals surface area contributed by atoms with E-state index in [2.05, 4.69) is 0 Å². The highest BCUT2D eigenvalue weighted by Gasteiger charge is 2.52.